The summed E-state index contributed by atoms with van der Waals surface area (Å²) in [6.45, 7) is 0.567. The van der Waals surface area contributed by atoms with Crippen LogP contribution in [0.5, 0.6) is 0 Å². The Morgan fingerprint density at radius 1 is 1.38 bits per heavy atom. The number of β-amino-alcohol motifs (C(OH)–C–C–N with tert-alkyl or cyclic N) is 2. The average molecular weight is 225 g/mol. The maximum Gasteiger partial charge on any atom is 0.287 e. The summed E-state index contributed by atoms with van der Waals surface area (Å²) in [6, 6.07) is 2.85. The molecule has 16 heavy (non-hydrogen) atoms. The molecule has 1 aliphatic heterocycles. The summed E-state index contributed by atoms with van der Waals surface area (Å²) < 4.78 is 0. The molecule has 0 spiro atoms. The number of aromatic nitrogens is 1. The molecular weight excluding hydrogens is 214 g/mol. The summed E-state index contributed by atoms with van der Waals surface area (Å²) in [5, 5.41) is 29.1. The van der Waals surface area contributed by atoms with Crippen molar-refractivity contribution in [1.29, 1.82) is 0 Å². The minimum absolute atomic E-state index is 0.0796. The molecule has 2 atom stereocenters. The maximum absolute atomic E-state index is 10.4. The van der Waals surface area contributed by atoms with Gasteiger partial charge in [-0.15, -0.1) is 0 Å². The molecule has 2 unspecified atom stereocenters. The van der Waals surface area contributed by atoms with Crippen LogP contribution in [-0.4, -0.2) is 45.4 Å². The third-order valence-corrected chi connectivity index (χ3v) is 2.53. The zero-order valence-corrected chi connectivity index (χ0v) is 8.35. The lowest BCUT2D eigenvalue weighted by Gasteiger charge is -2.15. The Morgan fingerprint density at radius 3 is 2.44 bits per heavy atom. The normalized spacial score (nSPS) is 24.8. The van der Waals surface area contributed by atoms with E-state index in [2.05, 4.69) is 4.98 Å². The number of aliphatic hydroxyl groups excluding tert-OH is 2. The molecule has 2 rings (SSSR count). The number of anilines is 1. The van der Waals surface area contributed by atoms with E-state index in [0.29, 0.717) is 5.82 Å². The largest absolute Gasteiger partial charge is 0.389 e. The second-order valence-electron chi connectivity index (χ2n) is 3.67. The van der Waals surface area contributed by atoms with Crippen LogP contribution >= 0.6 is 0 Å². The van der Waals surface area contributed by atoms with Crippen LogP contribution < -0.4 is 4.90 Å². The molecule has 0 aromatic carbocycles. The third-order valence-electron chi connectivity index (χ3n) is 2.53. The van der Waals surface area contributed by atoms with Gasteiger partial charge in [0.1, 0.15) is 12.0 Å². The summed E-state index contributed by atoms with van der Waals surface area (Å²) in [7, 11) is 0. The Hall–Kier alpha value is -1.73. The van der Waals surface area contributed by atoms with Crippen LogP contribution in [0.4, 0.5) is 11.5 Å². The molecule has 7 nitrogen and oxygen atoms in total. The fourth-order valence-corrected chi connectivity index (χ4v) is 1.63. The van der Waals surface area contributed by atoms with Gasteiger partial charge in [0, 0.05) is 19.2 Å². The highest BCUT2D eigenvalue weighted by Crippen LogP contribution is 2.20. The van der Waals surface area contributed by atoms with Crippen molar-refractivity contribution < 1.29 is 15.1 Å². The first kappa shape index (κ1) is 10.8. The first-order valence-corrected chi connectivity index (χ1v) is 4.79. The number of nitro groups is 1. The molecule has 0 saturated carbocycles. The molecule has 2 heterocycles. The van der Waals surface area contributed by atoms with E-state index in [9.17, 15) is 20.3 Å². The Balaban J connectivity index is 2.14. The molecule has 2 N–H and O–H groups in total. The maximum atomic E-state index is 10.4. The van der Waals surface area contributed by atoms with E-state index in [1.807, 2.05) is 0 Å². The Kier molecular flexibility index (Phi) is 2.71. The molecule has 0 radical (unpaired) electrons. The third kappa shape index (κ3) is 1.95. The molecule has 0 amide bonds. The quantitative estimate of drug-likeness (QED) is 0.521. The van der Waals surface area contributed by atoms with Gasteiger partial charge in [0.25, 0.3) is 5.69 Å². The van der Waals surface area contributed by atoms with Crippen molar-refractivity contribution in [1.82, 2.24) is 4.98 Å². The lowest BCUT2D eigenvalue weighted by Crippen LogP contribution is -2.22. The lowest BCUT2D eigenvalue weighted by molar-refractivity contribution is -0.385. The van der Waals surface area contributed by atoms with Gasteiger partial charge in [0.2, 0.25) is 0 Å². The van der Waals surface area contributed by atoms with Crippen LogP contribution in [0.3, 0.4) is 0 Å². The predicted octanol–water partition coefficient (Wildman–Crippen LogP) is -0.468. The number of hydrogen-bond donors (Lipinski definition) is 2. The van der Waals surface area contributed by atoms with Crippen LogP contribution in [-0.2, 0) is 0 Å². The SMILES string of the molecule is O=[N+]([O-])c1ccc(N2CC(O)C(O)C2)nc1. The van der Waals surface area contributed by atoms with Crippen LogP contribution in [0, 0.1) is 10.1 Å². The summed E-state index contributed by atoms with van der Waals surface area (Å²) in [5.41, 5.74) is -0.0796. The second kappa shape index (κ2) is 4.03. The smallest absolute Gasteiger partial charge is 0.287 e. The Labute approximate surface area is 91.1 Å². The number of pyridine rings is 1. The van der Waals surface area contributed by atoms with E-state index in [0.717, 1.165) is 6.20 Å². The Morgan fingerprint density at radius 2 is 2.00 bits per heavy atom. The van der Waals surface area contributed by atoms with Crippen molar-refractivity contribution in [3.05, 3.63) is 28.4 Å². The molecule has 1 aliphatic rings. The molecular formula is C9H11N3O4. The van der Waals surface area contributed by atoms with E-state index >= 15 is 0 Å². The molecule has 1 aromatic rings. The lowest BCUT2D eigenvalue weighted by atomic mass is 10.3. The van der Waals surface area contributed by atoms with Crippen molar-refractivity contribution in [2.75, 3.05) is 18.0 Å². The van der Waals surface area contributed by atoms with Gasteiger partial charge in [-0.3, -0.25) is 10.1 Å². The van der Waals surface area contributed by atoms with Crippen LogP contribution in [0.1, 0.15) is 0 Å². The summed E-state index contributed by atoms with van der Waals surface area (Å²) in [4.78, 5) is 15.5. The van der Waals surface area contributed by atoms with Gasteiger partial charge in [0.05, 0.1) is 17.1 Å². The fraction of sp³-hybridized carbons (Fsp3) is 0.444. The standard InChI is InChI=1S/C9H11N3O4/c13-7-4-11(5-8(7)14)9-2-1-6(3-10-9)12(15)16/h1-3,7-8,13-14H,4-5H2. The molecule has 0 bridgehead atoms. The van der Waals surface area contributed by atoms with E-state index in [4.69, 9.17) is 0 Å². The molecule has 0 aliphatic carbocycles. The molecule has 1 aromatic heterocycles. The fourth-order valence-electron chi connectivity index (χ4n) is 1.63. The van der Waals surface area contributed by atoms with Gasteiger partial charge in [-0.1, -0.05) is 0 Å². The van der Waals surface area contributed by atoms with Gasteiger partial charge in [-0.25, -0.2) is 4.98 Å². The van der Waals surface area contributed by atoms with Crippen molar-refractivity contribution in [3.63, 3.8) is 0 Å². The topological polar surface area (TPSA) is 99.7 Å². The first-order chi connectivity index (χ1) is 7.58. The summed E-state index contributed by atoms with van der Waals surface area (Å²) >= 11 is 0. The van der Waals surface area contributed by atoms with Gasteiger partial charge < -0.3 is 15.1 Å². The highest BCUT2D eigenvalue weighted by Gasteiger charge is 2.30. The Bertz CT molecular complexity index is 384. The number of nitrogens with zero attached hydrogens (tertiary/aromatic N) is 3. The second-order valence-corrected chi connectivity index (χ2v) is 3.67. The molecule has 7 heteroatoms. The zero-order valence-electron chi connectivity index (χ0n) is 8.35. The van der Waals surface area contributed by atoms with E-state index < -0.39 is 17.1 Å². The summed E-state index contributed by atoms with van der Waals surface area (Å²) in [6.07, 6.45) is -0.430. The van der Waals surface area contributed by atoms with Gasteiger partial charge in [-0.2, -0.15) is 0 Å². The monoisotopic (exact) mass is 225 g/mol. The van der Waals surface area contributed by atoms with Gasteiger partial charge >= 0.3 is 0 Å². The first-order valence-electron chi connectivity index (χ1n) is 4.79. The van der Waals surface area contributed by atoms with Crippen molar-refractivity contribution in [2.45, 2.75) is 12.2 Å². The van der Waals surface area contributed by atoms with E-state index in [-0.39, 0.29) is 18.8 Å². The highest BCUT2D eigenvalue weighted by molar-refractivity contribution is 5.44. The average Bonchev–Trinajstić information content (AvgIpc) is 2.59. The van der Waals surface area contributed by atoms with Crippen molar-refractivity contribution in [2.24, 2.45) is 0 Å². The van der Waals surface area contributed by atoms with Gasteiger partial charge in [-0.05, 0) is 6.07 Å². The predicted molar refractivity (Wildman–Crippen MR) is 55.1 cm³/mol. The number of aliphatic hydroxyl groups is 2. The van der Waals surface area contributed by atoms with E-state index in [1.165, 1.54) is 12.1 Å². The van der Waals surface area contributed by atoms with Gasteiger partial charge in [0.15, 0.2) is 0 Å². The number of rotatable bonds is 2. The zero-order chi connectivity index (χ0) is 11.7. The highest BCUT2D eigenvalue weighted by atomic mass is 16.6. The minimum atomic E-state index is -0.794. The van der Waals surface area contributed by atoms with Crippen molar-refractivity contribution in [3.8, 4) is 0 Å². The van der Waals surface area contributed by atoms with E-state index in [1.54, 1.807) is 4.90 Å². The number of hydrogen-bond acceptors (Lipinski definition) is 6. The van der Waals surface area contributed by atoms with Crippen LogP contribution in [0.25, 0.3) is 0 Å². The minimum Gasteiger partial charge on any atom is -0.389 e. The molecule has 1 saturated heterocycles. The van der Waals surface area contributed by atoms with Crippen LogP contribution in [0.15, 0.2) is 18.3 Å². The summed E-state index contributed by atoms with van der Waals surface area (Å²) in [5.74, 6) is 0.515. The molecule has 86 valence electrons. The van der Waals surface area contributed by atoms with Crippen LogP contribution in [0.2, 0.25) is 0 Å². The van der Waals surface area contributed by atoms with Crippen molar-refractivity contribution >= 4 is 11.5 Å². The molecule has 1 fully saturated rings.